The van der Waals surface area contributed by atoms with Crippen LogP contribution in [0.3, 0.4) is 0 Å². The summed E-state index contributed by atoms with van der Waals surface area (Å²) in [6.07, 6.45) is 3.65. The molecule has 1 heterocycles. The van der Waals surface area contributed by atoms with Gasteiger partial charge in [0.1, 0.15) is 5.75 Å². The highest BCUT2D eigenvalue weighted by Crippen LogP contribution is 2.12. The van der Waals surface area contributed by atoms with E-state index in [4.69, 9.17) is 10.00 Å². The molecule has 6 nitrogen and oxygen atoms in total. The first-order valence-corrected chi connectivity index (χ1v) is 8.11. The van der Waals surface area contributed by atoms with Crippen LogP contribution in [-0.2, 0) is 11.3 Å². The molecule has 0 unspecified atom stereocenters. The topological polar surface area (TPSA) is 71.2 Å². The summed E-state index contributed by atoms with van der Waals surface area (Å²) in [4.78, 5) is 13.8. The Morgan fingerprint density at radius 1 is 1.19 bits per heavy atom. The molecular weight excluding hydrogens is 328 g/mol. The Hall–Kier alpha value is -3.59. The first-order chi connectivity index (χ1) is 12.7. The fraction of sp³-hybridized carbons (Fsp3) is 0.150. The summed E-state index contributed by atoms with van der Waals surface area (Å²) in [7, 11) is 1.73. The molecule has 130 valence electrons. The van der Waals surface area contributed by atoms with Gasteiger partial charge in [0.2, 0.25) is 0 Å². The van der Waals surface area contributed by atoms with E-state index in [0.717, 1.165) is 11.3 Å². The largest absolute Gasteiger partial charge is 0.484 e. The maximum atomic E-state index is 12.2. The molecule has 0 aliphatic carbocycles. The fourth-order valence-corrected chi connectivity index (χ4v) is 2.41. The van der Waals surface area contributed by atoms with Crippen LogP contribution in [0.5, 0.6) is 5.75 Å². The van der Waals surface area contributed by atoms with E-state index < -0.39 is 0 Å². The zero-order chi connectivity index (χ0) is 18.4. The van der Waals surface area contributed by atoms with Gasteiger partial charge in [-0.25, -0.2) is 4.68 Å². The van der Waals surface area contributed by atoms with E-state index >= 15 is 0 Å². The van der Waals surface area contributed by atoms with Crippen LogP contribution in [-0.4, -0.2) is 34.2 Å². The Bertz CT molecular complexity index is 911. The third-order valence-electron chi connectivity index (χ3n) is 3.85. The van der Waals surface area contributed by atoms with Gasteiger partial charge in [0.25, 0.3) is 5.91 Å². The summed E-state index contributed by atoms with van der Waals surface area (Å²) in [5, 5.41) is 13.1. The van der Waals surface area contributed by atoms with Crippen LogP contribution in [0.25, 0.3) is 5.69 Å². The van der Waals surface area contributed by atoms with Gasteiger partial charge in [-0.2, -0.15) is 10.4 Å². The van der Waals surface area contributed by atoms with Crippen LogP contribution in [0.1, 0.15) is 11.1 Å². The molecule has 26 heavy (non-hydrogen) atoms. The van der Waals surface area contributed by atoms with Crippen molar-refractivity contribution in [2.24, 2.45) is 0 Å². The lowest BCUT2D eigenvalue weighted by molar-refractivity contribution is -0.132. The lowest BCUT2D eigenvalue weighted by Gasteiger charge is -2.16. The summed E-state index contributed by atoms with van der Waals surface area (Å²) >= 11 is 0. The van der Waals surface area contributed by atoms with Gasteiger partial charge in [-0.15, -0.1) is 0 Å². The van der Waals surface area contributed by atoms with Gasteiger partial charge in [-0.05, 0) is 36.4 Å². The Kier molecular flexibility index (Phi) is 5.30. The van der Waals surface area contributed by atoms with Crippen LogP contribution in [0.15, 0.2) is 67.0 Å². The molecule has 6 heteroatoms. The monoisotopic (exact) mass is 346 g/mol. The van der Waals surface area contributed by atoms with Crippen molar-refractivity contribution >= 4 is 5.91 Å². The van der Waals surface area contributed by atoms with Gasteiger partial charge in [-0.1, -0.05) is 18.2 Å². The molecule has 0 spiro atoms. The van der Waals surface area contributed by atoms with Crippen molar-refractivity contribution in [2.45, 2.75) is 6.54 Å². The highest BCUT2D eigenvalue weighted by molar-refractivity contribution is 5.77. The number of carbonyl (C=O) groups is 1. The average Bonchev–Trinajstić information content (AvgIpc) is 3.15. The number of benzene rings is 2. The second-order valence-electron chi connectivity index (χ2n) is 5.80. The number of ether oxygens (including phenoxy) is 1. The van der Waals surface area contributed by atoms with Crippen LogP contribution in [0, 0.1) is 11.3 Å². The van der Waals surface area contributed by atoms with Crippen molar-refractivity contribution < 1.29 is 9.53 Å². The molecule has 3 rings (SSSR count). The number of likely N-dealkylation sites (N-methyl/N-ethyl adjacent to an activating group) is 1. The van der Waals surface area contributed by atoms with Crippen molar-refractivity contribution in [1.82, 2.24) is 14.7 Å². The third-order valence-corrected chi connectivity index (χ3v) is 3.85. The van der Waals surface area contributed by atoms with E-state index in [2.05, 4.69) is 5.10 Å². The number of para-hydroxylation sites is 1. The number of rotatable bonds is 6. The summed E-state index contributed by atoms with van der Waals surface area (Å²) in [6.45, 7) is 0.387. The number of nitriles is 1. The van der Waals surface area contributed by atoms with Crippen molar-refractivity contribution in [1.29, 1.82) is 5.26 Å². The number of aromatic nitrogens is 2. The van der Waals surface area contributed by atoms with Crippen molar-refractivity contribution in [2.75, 3.05) is 13.7 Å². The number of hydrogen-bond donors (Lipinski definition) is 0. The van der Waals surface area contributed by atoms with Gasteiger partial charge in [0.15, 0.2) is 6.61 Å². The van der Waals surface area contributed by atoms with E-state index in [0.29, 0.717) is 17.9 Å². The van der Waals surface area contributed by atoms with Crippen LogP contribution in [0.4, 0.5) is 0 Å². The number of amides is 1. The Balaban J connectivity index is 1.54. The number of nitrogens with zero attached hydrogens (tertiary/aromatic N) is 4. The van der Waals surface area contributed by atoms with E-state index in [1.165, 1.54) is 0 Å². The SMILES string of the molecule is CN(Cc1cnn(-c2ccccc2)c1)C(=O)COc1ccc(C#N)cc1. The van der Waals surface area contributed by atoms with E-state index in [1.54, 1.807) is 47.1 Å². The normalized spacial score (nSPS) is 10.2. The van der Waals surface area contributed by atoms with Gasteiger partial charge < -0.3 is 9.64 Å². The average molecular weight is 346 g/mol. The predicted octanol–water partition coefficient (Wildman–Crippen LogP) is 2.78. The molecule has 0 saturated heterocycles. The molecule has 2 aromatic carbocycles. The molecule has 0 aliphatic heterocycles. The fourth-order valence-electron chi connectivity index (χ4n) is 2.41. The molecule has 0 radical (unpaired) electrons. The minimum atomic E-state index is -0.137. The molecule has 0 atom stereocenters. The quantitative estimate of drug-likeness (QED) is 0.688. The highest BCUT2D eigenvalue weighted by Gasteiger charge is 2.12. The maximum Gasteiger partial charge on any atom is 0.260 e. The van der Waals surface area contributed by atoms with Crippen LogP contribution in [0.2, 0.25) is 0 Å². The summed E-state index contributed by atoms with van der Waals surface area (Å²) in [5.74, 6) is 0.421. The van der Waals surface area contributed by atoms with E-state index in [1.807, 2.05) is 42.6 Å². The Labute approximate surface area is 151 Å². The molecule has 0 aliphatic rings. The molecule has 0 N–H and O–H groups in total. The van der Waals surface area contributed by atoms with Crippen molar-refractivity contribution in [3.8, 4) is 17.5 Å². The molecule has 1 amide bonds. The minimum Gasteiger partial charge on any atom is -0.484 e. The lowest BCUT2D eigenvalue weighted by atomic mass is 10.2. The second-order valence-corrected chi connectivity index (χ2v) is 5.80. The Morgan fingerprint density at radius 3 is 2.62 bits per heavy atom. The Morgan fingerprint density at radius 2 is 1.92 bits per heavy atom. The summed E-state index contributed by atoms with van der Waals surface area (Å²) < 4.78 is 7.26. The summed E-state index contributed by atoms with van der Waals surface area (Å²) in [5.41, 5.74) is 2.45. The zero-order valence-electron chi connectivity index (χ0n) is 14.4. The van der Waals surface area contributed by atoms with E-state index in [-0.39, 0.29) is 12.5 Å². The molecular formula is C20H18N4O2. The molecule has 3 aromatic rings. The third kappa shape index (κ3) is 4.28. The molecule has 1 aromatic heterocycles. The number of carbonyl (C=O) groups excluding carboxylic acids is 1. The van der Waals surface area contributed by atoms with E-state index in [9.17, 15) is 4.79 Å². The summed E-state index contributed by atoms with van der Waals surface area (Å²) in [6, 6.07) is 18.5. The van der Waals surface area contributed by atoms with Gasteiger partial charge in [0.05, 0.1) is 23.5 Å². The van der Waals surface area contributed by atoms with Gasteiger partial charge in [0, 0.05) is 25.4 Å². The van der Waals surface area contributed by atoms with Crippen molar-refractivity contribution in [3.05, 3.63) is 78.1 Å². The first-order valence-electron chi connectivity index (χ1n) is 8.11. The smallest absolute Gasteiger partial charge is 0.260 e. The van der Waals surface area contributed by atoms with Gasteiger partial charge in [-0.3, -0.25) is 4.79 Å². The second kappa shape index (κ2) is 7.99. The zero-order valence-corrected chi connectivity index (χ0v) is 14.4. The molecule has 0 bridgehead atoms. The van der Waals surface area contributed by atoms with Crippen LogP contribution >= 0.6 is 0 Å². The maximum absolute atomic E-state index is 12.2. The first kappa shape index (κ1) is 17.2. The lowest BCUT2D eigenvalue weighted by Crippen LogP contribution is -2.30. The predicted molar refractivity (Wildman–Crippen MR) is 96.7 cm³/mol. The highest BCUT2D eigenvalue weighted by atomic mass is 16.5. The number of hydrogen-bond acceptors (Lipinski definition) is 4. The van der Waals surface area contributed by atoms with Crippen molar-refractivity contribution in [3.63, 3.8) is 0 Å². The molecule has 0 saturated carbocycles. The molecule has 0 fully saturated rings. The van der Waals surface area contributed by atoms with Crippen LogP contribution < -0.4 is 4.74 Å². The standard InChI is InChI=1S/C20H18N4O2/c1-23(20(25)15-26-19-9-7-16(11-21)8-10-19)13-17-12-22-24(14-17)18-5-3-2-4-6-18/h2-10,12,14H,13,15H2,1H3. The minimum absolute atomic E-state index is 0.0603. The van der Waals surface area contributed by atoms with Gasteiger partial charge >= 0.3 is 0 Å².